The molecule has 0 aliphatic heterocycles. The molecule has 0 bridgehead atoms. The van der Waals surface area contributed by atoms with Crippen molar-refractivity contribution in [2.75, 3.05) is 0 Å². The third-order valence-electron chi connectivity index (χ3n) is 2.62. The van der Waals surface area contributed by atoms with Crippen LogP contribution in [0.15, 0.2) is 30.6 Å². The molecule has 15 heavy (non-hydrogen) atoms. The van der Waals surface area contributed by atoms with Crippen LogP contribution in [0.1, 0.15) is 16.7 Å². The van der Waals surface area contributed by atoms with Gasteiger partial charge in [0.05, 0.1) is 5.56 Å². The zero-order chi connectivity index (χ0) is 10.8. The molecule has 0 aliphatic rings. The standard InChI is InChI=1S/C13H12N2/c1-9-4-3-5-10(2)13(9)12-8-15-7-11(12)6-14/h3-5,7-8,15H,1-2H3. The molecule has 1 aromatic carbocycles. The van der Waals surface area contributed by atoms with Crippen molar-refractivity contribution in [2.45, 2.75) is 13.8 Å². The third kappa shape index (κ3) is 1.53. The fourth-order valence-electron chi connectivity index (χ4n) is 1.90. The predicted octanol–water partition coefficient (Wildman–Crippen LogP) is 3.17. The number of nitrogens with zero attached hydrogens (tertiary/aromatic N) is 1. The zero-order valence-electron chi connectivity index (χ0n) is 8.83. The largest absolute Gasteiger partial charge is 0.366 e. The molecule has 74 valence electrons. The average molecular weight is 196 g/mol. The second-order valence-corrected chi connectivity index (χ2v) is 3.66. The van der Waals surface area contributed by atoms with Crippen LogP contribution in [-0.4, -0.2) is 4.98 Å². The van der Waals surface area contributed by atoms with Gasteiger partial charge in [0.2, 0.25) is 0 Å². The molecular formula is C13H12N2. The number of benzene rings is 1. The van der Waals surface area contributed by atoms with E-state index in [1.165, 1.54) is 11.1 Å². The minimum absolute atomic E-state index is 0.701. The Hall–Kier alpha value is -2.01. The first kappa shape index (κ1) is 9.54. The lowest BCUT2D eigenvalue weighted by Crippen LogP contribution is -1.87. The second kappa shape index (κ2) is 3.62. The Morgan fingerprint density at radius 1 is 1.13 bits per heavy atom. The summed E-state index contributed by atoms with van der Waals surface area (Å²) >= 11 is 0. The number of rotatable bonds is 1. The van der Waals surface area contributed by atoms with E-state index in [0.29, 0.717) is 5.56 Å². The second-order valence-electron chi connectivity index (χ2n) is 3.66. The van der Waals surface area contributed by atoms with E-state index >= 15 is 0 Å². The van der Waals surface area contributed by atoms with Crippen molar-refractivity contribution in [3.8, 4) is 17.2 Å². The Bertz CT molecular complexity index is 509. The van der Waals surface area contributed by atoms with Crippen LogP contribution in [0.3, 0.4) is 0 Å². The Labute approximate surface area is 89.2 Å². The number of hydrogen-bond acceptors (Lipinski definition) is 1. The van der Waals surface area contributed by atoms with E-state index in [-0.39, 0.29) is 0 Å². The maximum absolute atomic E-state index is 8.98. The number of hydrogen-bond donors (Lipinski definition) is 1. The topological polar surface area (TPSA) is 39.6 Å². The third-order valence-corrected chi connectivity index (χ3v) is 2.62. The highest BCUT2D eigenvalue weighted by Gasteiger charge is 2.10. The highest BCUT2D eigenvalue weighted by atomic mass is 14.6. The summed E-state index contributed by atoms with van der Waals surface area (Å²) in [5.41, 5.74) is 5.26. The first-order valence-electron chi connectivity index (χ1n) is 4.87. The molecule has 2 aromatic rings. The van der Waals surface area contributed by atoms with Gasteiger partial charge in [-0.2, -0.15) is 5.26 Å². The van der Waals surface area contributed by atoms with Crippen LogP contribution >= 0.6 is 0 Å². The molecule has 2 heteroatoms. The lowest BCUT2D eigenvalue weighted by Gasteiger charge is -2.07. The van der Waals surface area contributed by atoms with Crippen LogP contribution in [0.4, 0.5) is 0 Å². The van der Waals surface area contributed by atoms with Gasteiger partial charge in [-0.3, -0.25) is 0 Å². The quantitative estimate of drug-likeness (QED) is 0.747. The number of nitrogens with one attached hydrogen (secondary N) is 1. The fourth-order valence-corrected chi connectivity index (χ4v) is 1.90. The van der Waals surface area contributed by atoms with Crippen molar-refractivity contribution >= 4 is 0 Å². The van der Waals surface area contributed by atoms with Crippen molar-refractivity contribution < 1.29 is 0 Å². The summed E-state index contributed by atoms with van der Waals surface area (Å²) in [6.07, 6.45) is 3.62. The van der Waals surface area contributed by atoms with Gasteiger partial charge in [-0.15, -0.1) is 0 Å². The van der Waals surface area contributed by atoms with E-state index in [4.69, 9.17) is 5.26 Å². The normalized spacial score (nSPS) is 9.93. The summed E-state index contributed by atoms with van der Waals surface area (Å²) in [6.45, 7) is 4.13. The highest BCUT2D eigenvalue weighted by molar-refractivity contribution is 5.75. The van der Waals surface area contributed by atoms with Crippen molar-refractivity contribution in [2.24, 2.45) is 0 Å². The smallest absolute Gasteiger partial charge is 0.101 e. The first-order valence-corrected chi connectivity index (χ1v) is 4.87. The summed E-state index contributed by atoms with van der Waals surface area (Å²) in [6, 6.07) is 8.36. The van der Waals surface area contributed by atoms with E-state index in [9.17, 15) is 0 Å². The molecule has 0 atom stereocenters. The van der Waals surface area contributed by atoms with Crippen LogP contribution in [0, 0.1) is 25.2 Å². The number of aromatic amines is 1. The van der Waals surface area contributed by atoms with Gasteiger partial charge in [0, 0.05) is 18.0 Å². The molecule has 1 heterocycles. The predicted molar refractivity (Wildman–Crippen MR) is 60.4 cm³/mol. The van der Waals surface area contributed by atoms with Gasteiger partial charge in [-0.05, 0) is 30.5 Å². The minimum atomic E-state index is 0.701. The van der Waals surface area contributed by atoms with Crippen LogP contribution in [0.5, 0.6) is 0 Å². The Morgan fingerprint density at radius 3 is 2.40 bits per heavy atom. The molecule has 0 radical (unpaired) electrons. The summed E-state index contributed by atoms with van der Waals surface area (Å²) < 4.78 is 0. The molecule has 0 aliphatic carbocycles. The summed E-state index contributed by atoms with van der Waals surface area (Å²) in [5, 5.41) is 8.98. The van der Waals surface area contributed by atoms with Crippen molar-refractivity contribution in [1.82, 2.24) is 4.98 Å². The summed E-state index contributed by atoms with van der Waals surface area (Å²) in [5.74, 6) is 0. The van der Waals surface area contributed by atoms with Gasteiger partial charge in [0.25, 0.3) is 0 Å². The van der Waals surface area contributed by atoms with E-state index in [2.05, 4.69) is 37.0 Å². The van der Waals surface area contributed by atoms with E-state index < -0.39 is 0 Å². The molecule has 0 fully saturated rings. The zero-order valence-corrected chi connectivity index (χ0v) is 8.83. The minimum Gasteiger partial charge on any atom is -0.366 e. The van der Waals surface area contributed by atoms with Crippen LogP contribution in [0.25, 0.3) is 11.1 Å². The Kier molecular flexibility index (Phi) is 2.31. The lowest BCUT2D eigenvalue weighted by molar-refractivity contribution is 1.37. The van der Waals surface area contributed by atoms with E-state index in [1.54, 1.807) is 6.20 Å². The Morgan fingerprint density at radius 2 is 1.80 bits per heavy atom. The molecule has 1 N–H and O–H groups in total. The molecule has 2 nitrogen and oxygen atoms in total. The lowest BCUT2D eigenvalue weighted by atomic mass is 9.96. The number of aromatic nitrogens is 1. The number of nitriles is 1. The molecule has 0 unspecified atom stereocenters. The first-order chi connectivity index (χ1) is 7.24. The van der Waals surface area contributed by atoms with Gasteiger partial charge in [-0.25, -0.2) is 0 Å². The van der Waals surface area contributed by atoms with Crippen molar-refractivity contribution in [1.29, 1.82) is 5.26 Å². The van der Waals surface area contributed by atoms with Gasteiger partial charge < -0.3 is 4.98 Å². The monoisotopic (exact) mass is 196 g/mol. The summed E-state index contributed by atoms with van der Waals surface area (Å²) in [4.78, 5) is 2.98. The average Bonchev–Trinajstić information content (AvgIpc) is 2.65. The van der Waals surface area contributed by atoms with E-state index in [0.717, 1.165) is 11.1 Å². The van der Waals surface area contributed by atoms with Crippen molar-refractivity contribution in [3.63, 3.8) is 0 Å². The molecule has 0 amide bonds. The fraction of sp³-hybridized carbons (Fsp3) is 0.154. The molecular weight excluding hydrogens is 184 g/mol. The van der Waals surface area contributed by atoms with E-state index in [1.807, 2.05) is 12.3 Å². The highest BCUT2D eigenvalue weighted by Crippen LogP contribution is 2.29. The Balaban J connectivity index is 2.70. The molecule has 0 saturated carbocycles. The summed E-state index contributed by atoms with van der Waals surface area (Å²) in [7, 11) is 0. The van der Waals surface area contributed by atoms with Gasteiger partial charge in [-0.1, -0.05) is 18.2 Å². The number of H-pyrrole nitrogens is 1. The van der Waals surface area contributed by atoms with Crippen LogP contribution in [0.2, 0.25) is 0 Å². The maximum atomic E-state index is 8.98. The molecule has 1 aromatic heterocycles. The van der Waals surface area contributed by atoms with Gasteiger partial charge in [0.15, 0.2) is 0 Å². The number of aryl methyl sites for hydroxylation is 2. The van der Waals surface area contributed by atoms with Crippen molar-refractivity contribution in [3.05, 3.63) is 47.3 Å². The van der Waals surface area contributed by atoms with Gasteiger partial charge in [0.1, 0.15) is 6.07 Å². The van der Waals surface area contributed by atoms with Crippen LogP contribution in [-0.2, 0) is 0 Å². The van der Waals surface area contributed by atoms with Crippen LogP contribution < -0.4 is 0 Å². The maximum Gasteiger partial charge on any atom is 0.101 e. The molecule has 0 saturated heterocycles. The van der Waals surface area contributed by atoms with Gasteiger partial charge >= 0.3 is 0 Å². The molecule has 2 rings (SSSR count). The molecule has 0 spiro atoms. The SMILES string of the molecule is Cc1cccc(C)c1-c1c[nH]cc1C#N.